The molecule has 0 spiro atoms. The topological polar surface area (TPSA) is 132 Å². The molecule has 148 valence electrons. The molecule has 2 heterocycles. The molecule has 1 saturated heterocycles. The molecule has 0 amide bonds. The Morgan fingerprint density at radius 2 is 1.81 bits per heavy atom. The molecule has 3 unspecified atom stereocenters. The number of ether oxygens (including phenoxy) is 1. The highest BCUT2D eigenvalue weighted by Gasteiger charge is 2.43. The Morgan fingerprint density at radius 1 is 1.11 bits per heavy atom. The van der Waals surface area contributed by atoms with Gasteiger partial charge in [0.2, 0.25) is 0 Å². The molecule has 0 radical (unpaired) electrons. The Labute approximate surface area is 149 Å². The summed E-state index contributed by atoms with van der Waals surface area (Å²) in [6.07, 6.45) is -10.6. The van der Waals surface area contributed by atoms with Crippen LogP contribution in [0, 0.1) is 0 Å². The zero-order valence-corrected chi connectivity index (χ0v) is 13.6. The van der Waals surface area contributed by atoms with Crippen molar-refractivity contribution in [3.05, 3.63) is 40.2 Å². The number of aliphatic hydroxyl groups is 4. The van der Waals surface area contributed by atoms with Crippen LogP contribution in [0.25, 0.3) is 11.0 Å². The van der Waals surface area contributed by atoms with Gasteiger partial charge in [-0.1, -0.05) is 0 Å². The minimum absolute atomic E-state index is 0.103. The monoisotopic (exact) mass is 390 g/mol. The van der Waals surface area contributed by atoms with Crippen molar-refractivity contribution in [3.63, 3.8) is 0 Å². The number of nitrogens with one attached hydrogen (secondary N) is 1. The Balaban J connectivity index is 1.93. The molecule has 11 heteroatoms. The van der Waals surface area contributed by atoms with E-state index in [9.17, 15) is 33.3 Å². The summed E-state index contributed by atoms with van der Waals surface area (Å²) in [5.74, 6) is 0. The fourth-order valence-electron chi connectivity index (χ4n) is 2.93. The van der Waals surface area contributed by atoms with Crippen molar-refractivity contribution in [1.29, 1.82) is 0 Å². The largest absolute Gasteiger partial charge is 0.423 e. The van der Waals surface area contributed by atoms with Crippen molar-refractivity contribution in [2.75, 3.05) is 11.9 Å². The Hall–Kier alpha value is -2.18. The Kier molecular flexibility index (Phi) is 5.14. The first-order valence-electron chi connectivity index (χ1n) is 7.84. The predicted octanol–water partition coefficient (Wildman–Crippen LogP) is 0.0236. The SMILES string of the molecule is O=c1cc(C(F)(F)[18F])c2ccc(NC3C(O)OC(CO)[C@@H](O)[C@@H]3O)cc2o1. The van der Waals surface area contributed by atoms with Crippen molar-refractivity contribution in [1.82, 2.24) is 0 Å². The third-order valence-corrected chi connectivity index (χ3v) is 4.28. The fraction of sp³-hybridized carbons (Fsp3) is 0.438. The maximum Gasteiger partial charge on any atom is 0.417 e. The van der Waals surface area contributed by atoms with Gasteiger partial charge >= 0.3 is 11.8 Å². The van der Waals surface area contributed by atoms with Gasteiger partial charge in [-0.15, -0.1) is 0 Å². The molecule has 1 aliphatic rings. The predicted molar refractivity (Wildman–Crippen MR) is 84.9 cm³/mol. The van der Waals surface area contributed by atoms with Crippen LogP contribution < -0.4 is 10.9 Å². The van der Waals surface area contributed by atoms with Crippen molar-refractivity contribution in [2.45, 2.75) is 36.8 Å². The molecule has 1 aromatic carbocycles. The van der Waals surface area contributed by atoms with E-state index >= 15 is 0 Å². The number of halogens is 3. The fourth-order valence-corrected chi connectivity index (χ4v) is 2.93. The van der Waals surface area contributed by atoms with Gasteiger partial charge in [-0.3, -0.25) is 0 Å². The van der Waals surface area contributed by atoms with Crippen LogP contribution in [0.15, 0.2) is 33.5 Å². The lowest BCUT2D eigenvalue weighted by Gasteiger charge is -2.40. The van der Waals surface area contributed by atoms with Crippen LogP contribution in [0.2, 0.25) is 0 Å². The first kappa shape index (κ1) is 19.6. The van der Waals surface area contributed by atoms with E-state index < -0.39 is 54.6 Å². The molecular formula is C16H16F3NO7. The molecule has 8 nitrogen and oxygen atoms in total. The smallest absolute Gasteiger partial charge is 0.417 e. The summed E-state index contributed by atoms with van der Waals surface area (Å²) in [4.78, 5) is 11.4. The summed E-state index contributed by atoms with van der Waals surface area (Å²) in [5, 5.41) is 41.2. The molecule has 0 saturated carbocycles. The molecule has 3 rings (SSSR count). The highest BCUT2D eigenvalue weighted by molar-refractivity contribution is 5.84. The van der Waals surface area contributed by atoms with E-state index in [1.54, 1.807) is 0 Å². The van der Waals surface area contributed by atoms with E-state index in [1.807, 2.05) is 0 Å². The van der Waals surface area contributed by atoms with Gasteiger partial charge in [-0.25, -0.2) is 4.79 Å². The quantitative estimate of drug-likeness (QED) is 0.464. The first-order chi connectivity index (χ1) is 12.6. The van der Waals surface area contributed by atoms with Crippen LogP contribution in [-0.4, -0.2) is 57.7 Å². The van der Waals surface area contributed by atoms with Crippen molar-refractivity contribution < 1.29 is 42.8 Å². The molecule has 0 bridgehead atoms. The van der Waals surface area contributed by atoms with Gasteiger partial charge in [-0.05, 0) is 12.1 Å². The van der Waals surface area contributed by atoms with Crippen LogP contribution in [0.4, 0.5) is 18.9 Å². The zero-order valence-electron chi connectivity index (χ0n) is 13.6. The lowest BCUT2D eigenvalue weighted by atomic mass is 9.96. The standard InChI is InChI=1S/C16H16F3NO7/c17-16(18,19)8-4-11(22)26-9-3-6(1-2-7(8)9)20-12-14(24)13(23)10(5-21)27-15(12)25/h1-4,10,12-15,20-21,23-25H,5H2/t10?,12?,13-,14-,15?/m1/s1/i17-1. The Morgan fingerprint density at radius 3 is 2.44 bits per heavy atom. The number of alkyl halides is 3. The second-order valence-corrected chi connectivity index (χ2v) is 6.09. The maximum atomic E-state index is 13.1. The number of benzene rings is 1. The van der Waals surface area contributed by atoms with E-state index in [0.29, 0.717) is 6.07 Å². The molecule has 27 heavy (non-hydrogen) atoms. The zero-order chi connectivity index (χ0) is 19.9. The highest BCUT2D eigenvalue weighted by Crippen LogP contribution is 2.35. The summed E-state index contributed by atoms with van der Waals surface area (Å²) in [6, 6.07) is 2.48. The lowest BCUT2D eigenvalue weighted by Crippen LogP contribution is -2.61. The number of rotatable bonds is 3. The number of hydrogen-bond donors (Lipinski definition) is 5. The second-order valence-electron chi connectivity index (χ2n) is 6.09. The van der Waals surface area contributed by atoms with Crippen LogP contribution in [0.1, 0.15) is 5.56 Å². The minimum Gasteiger partial charge on any atom is -0.423 e. The van der Waals surface area contributed by atoms with Gasteiger partial charge < -0.3 is 34.9 Å². The summed E-state index contributed by atoms with van der Waals surface area (Å²) in [5.41, 5.74) is -2.59. The third-order valence-electron chi connectivity index (χ3n) is 4.28. The lowest BCUT2D eigenvalue weighted by molar-refractivity contribution is -0.245. The normalized spacial score (nSPS) is 29.1. The molecule has 1 aliphatic heterocycles. The van der Waals surface area contributed by atoms with Gasteiger partial charge in [0.15, 0.2) is 6.29 Å². The van der Waals surface area contributed by atoms with Crippen LogP contribution in [0.3, 0.4) is 0 Å². The summed E-state index contributed by atoms with van der Waals surface area (Å²) in [7, 11) is 0. The van der Waals surface area contributed by atoms with E-state index in [0.717, 1.165) is 12.1 Å². The van der Waals surface area contributed by atoms with E-state index in [1.165, 1.54) is 6.07 Å². The molecule has 0 aliphatic carbocycles. The van der Waals surface area contributed by atoms with E-state index in [2.05, 4.69) is 5.32 Å². The average Bonchev–Trinajstić information content (AvgIpc) is 2.60. The number of fused-ring (bicyclic) bond motifs is 1. The van der Waals surface area contributed by atoms with Crippen molar-refractivity contribution in [3.8, 4) is 0 Å². The van der Waals surface area contributed by atoms with E-state index in [-0.39, 0.29) is 16.7 Å². The van der Waals surface area contributed by atoms with Crippen molar-refractivity contribution >= 4 is 16.7 Å². The highest BCUT2D eigenvalue weighted by atomic mass is 19.3. The van der Waals surface area contributed by atoms with Crippen LogP contribution >= 0.6 is 0 Å². The van der Waals surface area contributed by atoms with Crippen LogP contribution in [0.5, 0.6) is 0 Å². The summed E-state index contributed by atoms with van der Waals surface area (Å²) < 4.78 is 49.0. The first-order valence-corrected chi connectivity index (χ1v) is 7.84. The van der Waals surface area contributed by atoms with E-state index in [4.69, 9.17) is 14.3 Å². The molecule has 2 aromatic rings. The number of aliphatic hydroxyl groups excluding tert-OH is 4. The summed E-state index contributed by atoms with van der Waals surface area (Å²) >= 11 is 0. The van der Waals surface area contributed by atoms with Crippen molar-refractivity contribution in [2.24, 2.45) is 0 Å². The van der Waals surface area contributed by atoms with Gasteiger partial charge in [0.05, 0.1) is 12.2 Å². The second kappa shape index (κ2) is 7.09. The summed E-state index contributed by atoms with van der Waals surface area (Å²) in [6.45, 7) is -0.636. The molecule has 5 N–H and O–H groups in total. The molecule has 1 fully saturated rings. The Bertz CT molecular complexity index is 884. The third kappa shape index (κ3) is 3.77. The van der Waals surface area contributed by atoms with Gasteiger partial charge in [0.25, 0.3) is 0 Å². The molecule has 5 atom stereocenters. The number of anilines is 1. The number of hydrogen-bond acceptors (Lipinski definition) is 8. The maximum absolute atomic E-state index is 13.1. The molecular weight excluding hydrogens is 374 g/mol. The average molecular weight is 390 g/mol. The van der Waals surface area contributed by atoms with Crippen LogP contribution in [-0.2, 0) is 10.9 Å². The van der Waals surface area contributed by atoms with Gasteiger partial charge in [0.1, 0.15) is 29.9 Å². The van der Waals surface area contributed by atoms with Gasteiger partial charge in [0, 0.05) is 23.2 Å². The minimum atomic E-state index is -4.75. The molecule has 1 aromatic heterocycles. The van der Waals surface area contributed by atoms with Gasteiger partial charge in [-0.2, -0.15) is 13.2 Å².